The van der Waals surface area contributed by atoms with E-state index in [0.717, 1.165) is 18.5 Å². The van der Waals surface area contributed by atoms with Gasteiger partial charge < -0.3 is 9.64 Å². The van der Waals surface area contributed by atoms with E-state index in [1.807, 2.05) is 12.1 Å². The van der Waals surface area contributed by atoms with E-state index in [-0.39, 0.29) is 18.3 Å². The van der Waals surface area contributed by atoms with Crippen molar-refractivity contribution in [1.29, 1.82) is 0 Å². The quantitative estimate of drug-likeness (QED) is 0.672. The van der Waals surface area contributed by atoms with Crippen LogP contribution in [0.4, 0.5) is 4.39 Å². The Labute approximate surface area is 160 Å². The zero-order chi connectivity index (χ0) is 18.8. The van der Waals surface area contributed by atoms with E-state index in [0.29, 0.717) is 23.8 Å². The van der Waals surface area contributed by atoms with Gasteiger partial charge in [-0.2, -0.15) is 4.39 Å². The normalized spacial score (nSPS) is 16.7. The van der Waals surface area contributed by atoms with Gasteiger partial charge in [-0.1, -0.05) is 17.7 Å². The predicted octanol–water partition coefficient (Wildman–Crippen LogP) is 3.34. The van der Waals surface area contributed by atoms with Crippen LogP contribution in [0.5, 0.6) is 0 Å². The molecule has 140 valence electrons. The molecule has 1 saturated heterocycles. The topological polar surface area (TPSA) is 59.7 Å². The summed E-state index contributed by atoms with van der Waals surface area (Å²) in [7, 11) is 0. The van der Waals surface area contributed by atoms with E-state index in [9.17, 15) is 9.18 Å². The Balaban J connectivity index is 1.65. The van der Waals surface area contributed by atoms with Crippen molar-refractivity contribution >= 4 is 23.2 Å². The van der Waals surface area contributed by atoms with Gasteiger partial charge >= 0.3 is 0 Å². The van der Waals surface area contributed by atoms with Crippen LogP contribution < -0.4 is 0 Å². The van der Waals surface area contributed by atoms with Crippen LogP contribution in [0.1, 0.15) is 29.0 Å². The fourth-order valence-corrected chi connectivity index (χ4v) is 3.38. The zero-order valence-corrected chi connectivity index (χ0v) is 15.3. The summed E-state index contributed by atoms with van der Waals surface area (Å²) in [5, 5.41) is 0.363. The van der Waals surface area contributed by atoms with E-state index in [2.05, 4.69) is 9.97 Å². The fraction of sp³-hybridized carbons (Fsp3) is 0.316. The number of pyridine rings is 2. The lowest BCUT2D eigenvalue weighted by Gasteiger charge is -2.24. The lowest BCUT2D eigenvalue weighted by molar-refractivity contribution is 0.0496. The van der Waals surface area contributed by atoms with Crippen molar-refractivity contribution in [3.05, 3.63) is 65.1 Å². The van der Waals surface area contributed by atoms with E-state index in [1.54, 1.807) is 29.3 Å². The maximum atomic E-state index is 14.8. The molecule has 0 radical (unpaired) electrons. The second-order valence-electron chi connectivity index (χ2n) is 6.47. The number of halogens is 2. The Morgan fingerprint density at radius 2 is 2.26 bits per heavy atom. The number of hydrogen-bond acceptors (Lipinski definition) is 4. The van der Waals surface area contributed by atoms with Crippen LogP contribution in [0.15, 0.2) is 42.7 Å². The van der Waals surface area contributed by atoms with Crippen molar-refractivity contribution in [3.63, 3.8) is 0 Å². The van der Waals surface area contributed by atoms with Crippen molar-refractivity contribution in [2.45, 2.75) is 25.5 Å². The molecule has 1 atom stereocenters. The lowest BCUT2D eigenvalue weighted by Crippen LogP contribution is -2.37. The average molecular weight is 389 g/mol. The van der Waals surface area contributed by atoms with Gasteiger partial charge in [-0.3, -0.25) is 14.2 Å². The van der Waals surface area contributed by atoms with Crippen LogP contribution in [0.2, 0.25) is 5.02 Å². The summed E-state index contributed by atoms with van der Waals surface area (Å²) >= 11 is 5.93. The first kappa shape index (κ1) is 17.9. The van der Waals surface area contributed by atoms with Crippen LogP contribution in [0.3, 0.4) is 0 Å². The number of amides is 1. The summed E-state index contributed by atoms with van der Waals surface area (Å²) in [6.07, 6.45) is 4.83. The highest BCUT2D eigenvalue weighted by atomic mass is 35.5. The van der Waals surface area contributed by atoms with Gasteiger partial charge in [0.25, 0.3) is 5.91 Å². The molecule has 6 nitrogen and oxygen atoms in total. The third kappa shape index (κ3) is 3.79. The Hall–Kier alpha value is -2.51. The molecule has 4 heterocycles. The summed E-state index contributed by atoms with van der Waals surface area (Å²) < 4.78 is 21.7. The minimum Gasteiger partial charge on any atom is -0.376 e. The maximum Gasteiger partial charge on any atom is 0.277 e. The highest BCUT2D eigenvalue weighted by Gasteiger charge is 2.28. The van der Waals surface area contributed by atoms with Crippen LogP contribution >= 0.6 is 11.6 Å². The summed E-state index contributed by atoms with van der Waals surface area (Å²) in [4.78, 5) is 23.1. The summed E-state index contributed by atoms with van der Waals surface area (Å²) in [6.45, 7) is 1.30. The van der Waals surface area contributed by atoms with Crippen LogP contribution in [0, 0.1) is 5.95 Å². The molecule has 1 fully saturated rings. The summed E-state index contributed by atoms with van der Waals surface area (Å²) in [6, 6.07) is 8.67. The van der Waals surface area contributed by atoms with Crippen molar-refractivity contribution < 1.29 is 13.9 Å². The van der Waals surface area contributed by atoms with Gasteiger partial charge in [0, 0.05) is 25.5 Å². The summed E-state index contributed by atoms with van der Waals surface area (Å²) in [5.41, 5.74) is 0.817. The van der Waals surface area contributed by atoms with Crippen molar-refractivity contribution in [2.24, 2.45) is 0 Å². The number of hydrogen-bond donors (Lipinski definition) is 0. The molecule has 27 heavy (non-hydrogen) atoms. The van der Waals surface area contributed by atoms with Gasteiger partial charge in [-0.15, -0.1) is 0 Å². The number of imidazole rings is 1. The first-order chi connectivity index (χ1) is 13.1. The number of rotatable bonds is 5. The lowest BCUT2D eigenvalue weighted by atomic mass is 10.2. The number of carbonyl (C=O) groups excluding carboxylic acids is 1. The van der Waals surface area contributed by atoms with E-state index in [4.69, 9.17) is 16.3 Å². The van der Waals surface area contributed by atoms with Gasteiger partial charge in [0.05, 0.1) is 23.4 Å². The fourth-order valence-electron chi connectivity index (χ4n) is 3.22. The van der Waals surface area contributed by atoms with Crippen LogP contribution in [-0.2, 0) is 11.3 Å². The first-order valence-electron chi connectivity index (χ1n) is 8.76. The van der Waals surface area contributed by atoms with Crippen molar-refractivity contribution in [3.8, 4) is 0 Å². The number of aromatic nitrogens is 3. The second-order valence-corrected chi connectivity index (χ2v) is 6.90. The Morgan fingerprint density at radius 1 is 1.37 bits per heavy atom. The minimum absolute atomic E-state index is 0.0628. The molecule has 0 spiro atoms. The molecule has 0 bridgehead atoms. The van der Waals surface area contributed by atoms with Crippen LogP contribution in [-0.4, -0.2) is 44.4 Å². The molecule has 8 heteroatoms. The molecule has 1 unspecified atom stereocenters. The third-order valence-corrected chi connectivity index (χ3v) is 4.76. The molecule has 1 aliphatic heterocycles. The summed E-state index contributed by atoms with van der Waals surface area (Å²) in [5.74, 6) is -1.22. The molecule has 0 saturated carbocycles. The average Bonchev–Trinajstić information content (AvgIpc) is 3.30. The molecule has 1 aliphatic rings. The van der Waals surface area contributed by atoms with E-state index >= 15 is 0 Å². The van der Waals surface area contributed by atoms with Gasteiger partial charge in [-0.25, -0.2) is 4.98 Å². The standard InChI is InChI=1S/C19H18ClFN4O2/c20-13-6-7-16-23-17(18(21)25(16)10-13)19(26)24(12-15-5-3-9-27-15)11-14-4-1-2-8-22-14/h1-2,4,6-8,10,15H,3,5,9,11-12H2. The minimum atomic E-state index is -0.726. The molecule has 3 aromatic heterocycles. The SMILES string of the molecule is O=C(c1nc2ccc(Cl)cn2c1F)N(Cc1ccccn1)CC1CCCO1. The highest BCUT2D eigenvalue weighted by Crippen LogP contribution is 2.20. The van der Waals surface area contributed by atoms with Crippen LogP contribution in [0.25, 0.3) is 5.65 Å². The molecule has 0 aliphatic carbocycles. The second kappa shape index (κ2) is 7.62. The van der Waals surface area contributed by atoms with E-state index in [1.165, 1.54) is 10.6 Å². The smallest absolute Gasteiger partial charge is 0.277 e. The van der Waals surface area contributed by atoms with Gasteiger partial charge in [0.15, 0.2) is 5.69 Å². The number of carbonyl (C=O) groups is 1. The maximum absolute atomic E-state index is 14.8. The predicted molar refractivity (Wildman–Crippen MR) is 98.1 cm³/mol. The highest BCUT2D eigenvalue weighted by molar-refractivity contribution is 6.30. The van der Waals surface area contributed by atoms with Gasteiger partial charge in [-0.05, 0) is 37.1 Å². The van der Waals surface area contributed by atoms with Crippen molar-refractivity contribution in [1.82, 2.24) is 19.3 Å². The van der Waals surface area contributed by atoms with E-state index < -0.39 is 11.9 Å². The molecular weight excluding hydrogens is 371 g/mol. The Kier molecular flexibility index (Phi) is 5.05. The molecule has 0 aromatic carbocycles. The number of nitrogens with zero attached hydrogens (tertiary/aromatic N) is 4. The molecule has 3 aromatic rings. The molecule has 1 amide bonds. The molecular formula is C19H18ClFN4O2. The Bertz CT molecular complexity index is 957. The zero-order valence-electron chi connectivity index (χ0n) is 14.5. The third-order valence-electron chi connectivity index (χ3n) is 4.54. The Morgan fingerprint density at radius 3 is 3.00 bits per heavy atom. The number of fused-ring (bicyclic) bond motifs is 1. The largest absolute Gasteiger partial charge is 0.376 e. The molecule has 4 rings (SSSR count). The van der Waals surface area contributed by atoms with Gasteiger partial charge in [0.1, 0.15) is 5.65 Å². The van der Waals surface area contributed by atoms with Gasteiger partial charge in [0.2, 0.25) is 5.95 Å². The van der Waals surface area contributed by atoms with Crippen molar-refractivity contribution in [2.75, 3.05) is 13.2 Å². The number of ether oxygens (including phenoxy) is 1. The molecule has 0 N–H and O–H groups in total. The monoisotopic (exact) mass is 388 g/mol. The first-order valence-corrected chi connectivity index (χ1v) is 9.13.